The van der Waals surface area contributed by atoms with Crippen molar-refractivity contribution in [1.82, 2.24) is 10.2 Å². The molecule has 1 saturated heterocycles. The zero-order valence-corrected chi connectivity index (χ0v) is 12.1. The maximum absolute atomic E-state index is 5.27. The molecule has 3 nitrogen and oxygen atoms in total. The lowest BCUT2D eigenvalue weighted by atomic mass is 10.0. The lowest BCUT2D eigenvalue weighted by molar-refractivity contribution is 0.244. The minimum Gasteiger partial charge on any atom is -0.497 e. The van der Waals surface area contributed by atoms with Crippen molar-refractivity contribution >= 4 is 10.8 Å². The van der Waals surface area contributed by atoms with Crippen molar-refractivity contribution in [3.8, 4) is 5.75 Å². The minimum absolute atomic E-state index is 0.922. The first-order valence-electron chi connectivity index (χ1n) is 7.35. The Bertz CT molecular complexity index is 576. The third-order valence-electron chi connectivity index (χ3n) is 4.04. The molecule has 1 N–H and O–H groups in total. The summed E-state index contributed by atoms with van der Waals surface area (Å²) in [6, 6.07) is 13.0. The van der Waals surface area contributed by atoms with Crippen molar-refractivity contribution < 1.29 is 4.74 Å². The first kappa shape index (κ1) is 13.4. The van der Waals surface area contributed by atoms with Gasteiger partial charge in [-0.15, -0.1) is 0 Å². The van der Waals surface area contributed by atoms with Crippen molar-refractivity contribution in [3.05, 3.63) is 42.0 Å². The minimum atomic E-state index is 0.922. The highest BCUT2D eigenvalue weighted by molar-refractivity contribution is 5.84. The van der Waals surface area contributed by atoms with Crippen LogP contribution in [0.3, 0.4) is 0 Å². The molecule has 0 bridgehead atoms. The molecule has 1 aliphatic rings. The zero-order chi connectivity index (χ0) is 13.8. The molecule has 3 rings (SSSR count). The van der Waals surface area contributed by atoms with Gasteiger partial charge in [-0.05, 0) is 34.9 Å². The van der Waals surface area contributed by atoms with E-state index in [9.17, 15) is 0 Å². The number of ether oxygens (including phenoxy) is 1. The Labute approximate surface area is 120 Å². The molecule has 0 amide bonds. The zero-order valence-electron chi connectivity index (χ0n) is 12.1. The Morgan fingerprint density at radius 1 is 1.05 bits per heavy atom. The molecule has 0 atom stereocenters. The number of hydrogen-bond donors (Lipinski definition) is 1. The normalized spacial score (nSPS) is 16.4. The first-order chi connectivity index (χ1) is 9.85. The van der Waals surface area contributed by atoms with E-state index in [1.54, 1.807) is 7.11 Å². The van der Waals surface area contributed by atoms with Gasteiger partial charge in [0.1, 0.15) is 5.75 Å². The summed E-state index contributed by atoms with van der Waals surface area (Å²) in [5, 5.41) is 5.93. The number of nitrogens with one attached hydrogen (secondary N) is 1. The quantitative estimate of drug-likeness (QED) is 0.922. The average molecular weight is 270 g/mol. The summed E-state index contributed by atoms with van der Waals surface area (Å²) in [7, 11) is 1.71. The van der Waals surface area contributed by atoms with Gasteiger partial charge in [0.2, 0.25) is 0 Å². The van der Waals surface area contributed by atoms with Crippen LogP contribution in [-0.4, -0.2) is 44.7 Å². The van der Waals surface area contributed by atoms with Crippen molar-refractivity contribution in [2.45, 2.75) is 6.42 Å². The second-order valence-electron chi connectivity index (χ2n) is 5.39. The maximum Gasteiger partial charge on any atom is 0.119 e. The van der Waals surface area contributed by atoms with Crippen LogP contribution in [0.1, 0.15) is 5.56 Å². The molecule has 0 saturated carbocycles. The van der Waals surface area contributed by atoms with E-state index in [1.807, 2.05) is 6.07 Å². The van der Waals surface area contributed by atoms with Gasteiger partial charge in [0.25, 0.3) is 0 Å². The summed E-state index contributed by atoms with van der Waals surface area (Å²) in [6.45, 7) is 5.74. The van der Waals surface area contributed by atoms with Gasteiger partial charge < -0.3 is 15.0 Å². The van der Waals surface area contributed by atoms with E-state index in [-0.39, 0.29) is 0 Å². The van der Waals surface area contributed by atoms with Crippen LogP contribution >= 0.6 is 0 Å². The topological polar surface area (TPSA) is 24.5 Å². The van der Waals surface area contributed by atoms with Gasteiger partial charge in [0, 0.05) is 32.7 Å². The highest BCUT2D eigenvalue weighted by atomic mass is 16.5. The molecule has 1 fully saturated rings. The Morgan fingerprint density at radius 3 is 2.60 bits per heavy atom. The molecule has 0 aliphatic carbocycles. The molecule has 0 unspecified atom stereocenters. The molecule has 3 heteroatoms. The fourth-order valence-corrected chi connectivity index (χ4v) is 2.78. The molecule has 1 heterocycles. The number of piperazine rings is 1. The predicted octanol–water partition coefficient (Wildman–Crippen LogP) is 2.30. The standard InChI is InChI=1S/C17H22N2O/c1-20-17-5-4-15-12-14(2-3-16(15)13-17)6-9-19-10-7-18-8-11-19/h2-5,12-13,18H,6-11H2,1H3. The van der Waals surface area contributed by atoms with Gasteiger partial charge >= 0.3 is 0 Å². The van der Waals surface area contributed by atoms with Crippen LogP contribution in [0.4, 0.5) is 0 Å². The number of hydrogen-bond acceptors (Lipinski definition) is 3. The second kappa shape index (κ2) is 6.25. The van der Waals surface area contributed by atoms with Crippen molar-refractivity contribution in [3.63, 3.8) is 0 Å². The Kier molecular flexibility index (Phi) is 4.19. The van der Waals surface area contributed by atoms with E-state index >= 15 is 0 Å². The van der Waals surface area contributed by atoms with Crippen LogP contribution in [0, 0.1) is 0 Å². The molecular formula is C17H22N2O. The fraction of sp³-hybridized carbons (Fsp3) is 0.412. The van der Waals surface area contributed by atoms with Crippen LogP contribution in [-0.2, 0) is 6.42 Å². The number of nitrogens with zero attached hydrogens (tertiary/aromatic N) is 1. The molecule has 0 aromatic heterocycles. The lowest BCUT2D eigenvalue weighted by Crippen LogP contribution is -2.44. The lowest BCUT2D eigenvalue weighted by Gasteiger charge is -2.27. The molecule has 0 spiro atoms. The summed E-state index contributed by atoms with van der Waals surface area (Å²) in [4.78, 5) is 2.54. The molecule has 2 aromatic rings. The van der Waals surface area contributed by atoms with Gasteiger partial charge in [-0.2, -0.15) is 0 Å². The van der Waals surface area contributed by atoms with Gasteiger partial charge in [-0.1, -0.05) is 24.3 Å². The molecular weight excluding hydrogens is 248 g/mol. The number of fused-ring (bicyclic) bond motifs is 1. The third kappa shape index (κ3) is 3.11. The Morgan fingerprint density at radius 2 is 1.80 bits per heavy atom. The van der Waals surface area contributed by atoms with Gasteiger partial charge in [0.05, 0.1) is 7.11 Å². The smallest absolute Gasteiger partial charge is 0.119 e. The highest BCUT2D eigenvalue weighted by Crippen LogP contribution is 2.22. The molecule has 2 aromatic carbocycles. The predicted molar refractivity (Wildman–Crippen MR) is 83.5 cm³/mol. The second-order valence-corrected chi connectivity index (χ2v) is 5.39. The first-order valence-corrected chi connectivity index (χ1v) is 7.35. The highest BCUT2D eigenvalue weighted by Gasteiger charge is 2.09. The largest absolute Gasteiger partial charge is 0.497 e. The van der Waals surface area contributed by atoms with Gasteiger partial charge in [-0.3, -0.25) is 0 Å². The number of benzene rings is 2. The van der Waals surface area contributed by atoms with E-state index in [2.05, 4.69) is 40.5 Å². The van der Waals surface area contributed by atoms with Crippen LogP contribution in [0.2, 0.25) is 0 Å². The van der Waals surface area contributed by atoms with E-state index in [1.165, 1.54) is 29.4 Å². The number of methoxy groups -OCH3 is 1. The maximum atomic E-state index is 5.27. The molecule has 0 radical (unpaired) electrons. The van der Waals surface area contributed by atoms with Gasteiger partial charge in [-0.25, -0.2) is 0 Å². The fourth-order valence-electron chi connectivity index (χ4n) is 2.78. The molecule has 20 heavy (non-hydrogen) atoms. The summed E-state index contributed by atoms with van der Waals surface area (Å²) in [5.74, 6) is 0.922. The summed E-state index contributed by atoms with van der Waals surface area (Å²) in [5.41, 5.74) is 1.42. The Hall–Kier alpha value is -1.58. The summed E-state index contributed by atoms with van der Waals surface area (Å²) in [6.07, 6.45) is 1.13. The van der Waals surface area contributed by atoms with Crippen molar-refractivity contribution in [1.29, 1.82) is 0 Å². The average Bonchev–Trinajstić information content (AvgIpc) is 2.53. The summed E-state index contributed by atoms with van der Waals surface area (Å²) < 4.78 is 5.27. The van der Waals surface area contributed by atoms with Crippen LogP contribution in [0.25, 0.3) is 10.8 Å². The van der Waals surface area contributed by atoms with Crippen LogP contribution in [0.15, 0.2) is 36.4 Å². The SMILES string of the molecule is COc1ccc2cc(CCN3CCNCC3)ccc2c1. The summed E-state index contributed by atoms with van der Waals surface area (Å²) >= 11 is 0. The van der Waals surface area contributed by atoms with E-state index < -0.39 is 0 Å². The van der Waals surface area contributed by atoms with Crippen LogP contribution in [0.5, 0.6) is 5.75 Å². The number of rotatable bonds is 4. The van der Waals surface area contributed by atoms with E-state index in [0.29, 0.717) is 0 Å². The van der Waals surface area contributed by atoms with Gasteiger partial charge in [0.15, 0.2) is 0 Å². The third-order valence-corrected chi connectivity index (χ3v) is 4.04. The molecule has 1 aliphatic heterocycles. The monoisotopic (exact) mass is 270 g/mol. The Balaban J connectivity index is 1.69. The van der Waals surface area contributed by atoms with E-state index in [4.69, 9.17) is 4.74 Å². The van der Waals surface area contributed by atoms with Crippen molar-refractivity contribution in [2.75, 3.05) is 39.8 Å². The van der Waals surface area contributed by atoms with E-state index in [0.717, 1.165) is 31.8 Å². The molecule has 106 valence electrons. The van der Waals surface area contributed by atoms with Crippen LogP contribution < -0.4 is 10.1 Å². The van der Waals surface area contributed by atoms with Crippen molar-refractivity contribution in [2.24, 2.45) is 0 Å².